The average Bonchev–Trinajstić information content (AvgIpc) is 2.17. The maximum absolute atomic E-state index is 12.0. The fraction of sp³-hybridized carbons (Fsp3) is 0.923. The molecule has 2 unspecified atom stereocenters. The van der Waals surface area contributed by atoms with E-state index in [-0.39, 0.29) is 17.3 Å². The fourth-order valence-electron chi connectivity index (χ4n) is 2.91. The Kier molecular flexibility index (Phi) is 4.00. The Labute approximate surface area is 98.7 Å². The van der Waals surface area contributed by atoms with Gasteiger partial charge in [0.2, 0.25) is 0 Å². The summed E-state index contributed by atoms with van der Waals surface area (Å²) in [7, 11) is 0. The van der Waals surface area contributed by atoms with Crippen LogP contribution in [0.2, 0.25) is 0 Å². The normalized spacial score (nSPS) is 31.2. The van der Waals surface area contributed by atoms with Gasteiger partial charge in [0.05, 0.1) is 6.61 Å². The van der Waals surface area contributed by atoms with E-state index >= 15 is 0 Å². The summed E-state index contributed by atoms with van der Waals surface area (Å²) in [6, 6.07) is 0. The van der Waals surface area contributed by atoms with Crippen molar-refractivity contribution in [1.82, 2.24) is 0 Å². The minimum Gasteiger partial charge on any atom is -0.465 e. The van der Waals surface area contributed by atoms with Gasteiger partial charge in [-0.1, -0.05) is 33.6 Å². The Morgan fingerprint density at radius 1 is 1.44 bits per heavy atom. The molecule has 1 aliphatic rings. The Bertz CT molecular complexity index is 257. The molecule has 0 aromatic carbocycles. The Balaban J connectivity index is 2.91. The molecule has 0 spiro atoms. The molecule has 16 heavy (non-hydrogen) atoms. The van der Waals surface area contributed by atoms with Gasteiger partial charge in [0.15, 0.2) is 0 Å². The van der Waals surface area contributed by atoms with Crippen molar-refractivity contribution in [3.05, 3.63) is 0 Å². The zero-order chi connectivity index (χ0) is 12.4. The number of ether oxygens (including phenoxy) is 1. The predicted octanol–water partition coefficient (Wildman–Crippen LogP) is 2.48. The smallest absolute Gasteiger partial charge is 0.326 e. The van der Waals surface area contributed by atoms with Crippen LogP contribution in [0.4, 0.5) is 0 Å². The lowest BCUT2D eigenvalue weighted by Crippen LogP contribution is -2.59. The van der Waals surface area contributed by atoms with Crippen LogP contribution in [0.15, 0.2) is 0 Å². The third-order valence-corrected chi connectivity index (χ3v) is 3.66. The molecule has 0 saturated heterocycles. The Morgan fingerprint density at radius 3 is 2.56 bits per heavy atom. The molecule has 1 aliphatic carbocycles. The summed E-state index contributed by atoms with van der Waals surface area (Å²) >= 11 is 0. The second kappa shape index (κ2) is 4.74. The van der Waals surface area contributed by atoms with E-state index in [1.54, 1.807) is 0 Å². The van der Waals surface area contributed by atoms with Gasteiger partial charge in [0.1, 0.15) is 5.54 Å². The first-order valence-corrected chi connectivity index (χ1v) is 6.28. The first kappa shape index (κ1) is 13.5. The first-order chi connectivity index (χ1) is 7.32. The first-order valence-electron chi connectivity index (χ1n) is 6.28. The SMILES string of the molecule is CCOC(=O)C1(N)CCCCC1C(C)(C)C. The quantitative estimate of drug-likeness (QED) is 0.737. The number of hydrogen-bond acceptors (Lipinski definition) is 3. The van der Waals surface area contributed by atoms with Crippen LogP contribution < -0.4 is 5.73 Å². The van der Waals surface area contributed by atoms with Gasteiger partial charge in [-0.3, -0.25) is 4.79 Å². The number of nitrogens with two attached hydrogens (primary N) is 1. The van der Waals surface area contributed by atoms with Crippen LogP contribution in [0.5, 0.6) is 0 Å². The van der Waals surface area contributed by atoms with Gasteiger partial charge in [-0.15, -0.1) is 0 Å². The highest BCUT2D eigenvalue weighted by atomic mass is 16.5. The van der Waals surface area contributed by atoms with E-state index in [9.17, 15) is 4.79 Å². The number of esters is 1. The summed E-state index contributed by atoms with van der Waals surface area (Å²) in [5, 5.41) is 0. The largest absolute Gasteiger partial charge is 0.465 e. The van der Waals surface area contributed by atoms with Crippen molar-refractivity contribution in [3.8, 4) is 0 Å². The van der Waals surface area contributed by atoms with Crippen LogP contribution >= 0.6 is 0 Å². The topological polar surface area (TPSA) is 52.3 Å². The van der Waals surface area contributed by atoms with Crippen molar-refractivity contribution in [2.75, 3.05) is 6.61 Å². The van der Waals surface area contributed by atoms with Crippen LogP contribution in [0.1, 0.15) is 53.4 Å². The number of carbonyl (C=O) groups is 1. The monoisotopic (exact) mass is 227 g/mol. The van der Waals surface area contributed by atoms with Gasteiger partial charge in [-0.05, 0) is 31.1 Å². The van der Waals surface area contributed by atoms with E-state index in [1.165, 1.54) is 6.42 Å². The van der Waals surface area contributed by atoms with Crippen LogP contribution in [-0.4, -0.2) is 18.1 Å². The second-order valence-corrected chi connectivity index (χ2v) is 5.93. The van der Waals surface area contributed by atoms with Crippen LogP contribution in [-0.2, 0) is 9.53 Å². The number of hydrogen-bond donors (Lipinski definition) is 1. The van der Waals surface area contributed by atoms with Crippen molar-refractivity contribution < 1.29 is 9.53 Å². The average molecular weight is 227 g/mol. The molecule has 3 nitrogen and oxygen atoms in total. The van der Waals surface area contributed by atoms with Crippen LogP contribution in [0.25, 0.3) is 0 Å². The zero-order valence-corrected chi connectivity index (χ0v) is 11.0. The van der Waals surface area contributed by atoms with Gasteiger partial charge in [-0.2, -0.15) is 0 Å². The molecule has 0 heterocycles. The lowest BCUT2D eigenvalue weighted by Gasteiger charge is -2.45. The molecule has 2 atom stereocenters. The molecular weight excluding hydrogens is 202 g/mol. The standard InChI is InChI=1S/C13H25NO2/c1-5-16-11(15)13(14)9-7-6-8-10(13)12(2,3)4/h10H,5-9,14H2,1-4H3. The van der Waals surface area contributed by atoms with E-state index in [0.29, 0.717) is 6.61 Å². The third-order valence-electron chi connectivity index (χ3n) is 3.66. The highest BCUT2D eigenvalue weighted by molar-refractivity contribution is 5.81. The summed E-state index contributed by atoms with van der Waals surface area (Å²) in [6.45, 7) is 8.71. The van der Waals surface area contributed by atoms with Crippen molar-refractivity contribution >= 4 is 5.97 Å². The molecule has 0 aliphatic heterocycles. The molecule has 1 fully saturated rings. The van der Waals surface area contributed by atoms with Crippen LogP contribution in [0.3, 0.4) is 0 Å². The zero-order valence-electron chi connectivity index (χ0n) is 11.0. The fourth-order valence-corrected chi connectivity index (χ4v) is 2.91. The minimum atomic E-state index is -0.771. The van der Waals surface area contributed by atoms with Crippen molar-refractivity contribution in [3.63, 3.8) is 0 Å². The summed E-state index contributed by atoms with van der Waals surface area (Å²) < 4.78 is 5.15. The van der Waals surface area contributed by atoms with Gasteiger partial charge in [-0.25, -0.2) is 0 Å². The third kappa shape index (κ3) is 2.57. The number of rotatable bonds is 2. The molecule has 2 N–H and O–H groups in total. The molecule has 94 valence electrons. The molecule has 0 radical (unpaired) electrons. The Morgan fingerprint density at radius 2 is 2.06 bits per heavy atom. The maximum atomic E-state index is 12.0. The summed E-state index contributed by atoms with van der Waals surface area (Å²) in [5.41, 5.74) is 5.63. The molecule has 3 heteroatoms. The predicted molar refractivity (Wildman–Crippen MR) is 65.0 cm³/mol. The summed E-state index contributed by atoms with van der Waals surface area (Å²) in [4.78, 5) is 12.0. The van der Waals surface area contributed by atoms with Crippen LogP contribution in [0, 0.1) is 11.3 Å². The minimum absolute atomic E-state index is 0.0575. The summed E-state index contributed by atoms with van der Waals surface area (Å²) in [6.07, 6.45) is 3.98. The molecule has 1 saturated carbocycles. The van der Waals surface area contributed by atoms with Crippen molar-refractivity contribution in [1.29, 1.82) is 0 Å². The van der Waals surface area contributed by atoms with Crippen molar-refractivity contribution in [2.45, 2.75) is 58.9 Å². The lowest BCUT2D eigenvalue weighted by atomic mass is 9.62. The van der Waals surface area contributed by atoms with Gasteiger partial charge in [0, 0.05) is 0 Å². The highest BCUT2D eigenvalue weighted by Crippen LogP contribution is 2.43. The molecule has 0 aromatic heterocycles. The lowest BCUT2D eigenvalue weighted by molar-refractivity contribution is -0.156. The van der Waals surface area contributed by atoms with Crippen molar-refractivity contribution in [2.24, 2.45) is 17.1 Å². The molecule has 0 bridgehead atoms. The van der Waals surface area contributed by atoms with Gasteiger partial charge < -0.3 is 10.5 Å². The van der Waals surface area contributed by atoms with E-state index in [2.05, 4.69) is 20.8 Å². The van der Waals surface area contributed by atoms with Gasteiger partial charge in [0.25, 0.3) is 0 Å². The summed E-state index contributed by atoms with van der Waals surface area (Å²) in [5.74, 6) is 0.00225. The van der Waals surface area contributed by atoms with E-state index in [1.807, 2.05) is 6.92 Å². The molecule has 0 amide bonds. The second-order valence-electron chi connectivity index (χ2n) is 5.93. The molecular formula is C13H25NO2. The van der Waals surface area contributed by atoms with E-state index < -0.39 is 5.54 Å². The van der Waals surface area contributed by atoms with E-state index in [0.717, 1.165) is 19.3 Å². The van der Waals surface area contributed by atoms with Gasteiger partial charge >= 0.3 is 5.97 Å². The highest BCUT2D eigenvalue weighted by Gasteiger charge is 2.49. The van der Waals surface area contributed by atoms with E-state index in [4.69, 9.17) is 10.5 Å². The molecule has 0 aromatic rings. The maximum Gasteiger partial charge on any atom is 0.326 e. The molecule has 1 rings (SSSR count). The number of carbonyl (C=O) groups excluding carboxylic acids is 1. The Hall–Kier alpha value is -0.570.